The third-order valence-electron chi connectivity index (χ3n) is 3.58. The normalized spacial score (nSPS) is 11.0. The summed E-state index contributed by atoms with van der Waals surface area (Å²) in [5.41, 5.74) is 1.52. The number of hydrogen-bond acceptors (Lipinski definition) is 4. The molecule has 2 amide bonds. The van der Waals surface area contributed by atoms with Crippen LogP contribution in [0.25, 0.3) is 0 Å². The molecule has 0 radical (unpaired) electrons. The molecule has 150 valence electrons. The fraction of sp³-hybridized carbons (Fsp3) is 0.263. The van der Waals surface area contributed by atoms with Gasteiger partial charge in [-0.2, -0.15) is 0 Å². The summed E-state index contributed by atoms with van der Waals surface area (Å²) in [6, 6.07) is 11.6. The van der Waals surface area contributed by atoms with Gasteiger partial charge in [0.15, 0.2) is 0 Å². The summed E-state index contributed by atoms with van der Waals surface area (Å²) in [7, 11) is 3.03. The molecule has 0 bridgehead atoms. The molecule has 6 nitrogen and oxygen atoms in total. The number of ether oxygens (including phenoxy) is 2. The summed E-state index contributed by atoms with van der Waals surface area (Å²) in [6.07, 6.45) is -4.78. The second kappa shape index (κ2) is 9.23. The highest BCUT2D eigenvalue weighted by Crippen LogP contribution is 2.23. The molecular weight excluding hydrogens is 377 g/mol. The van der Waals surface area contributed by atoms with Crippen LogP contribution in [0, 0.1) is 0 Å². The molecular formula is C19H19F3N2O4. The Labute approximate surface area is 159 Å². The number of methoxy groups -OCH3 is 1. The molecule has 0 unspecified atom stereocenters. The van der Waals surface area contributed by atoms with Crippen molar-refractivity contribution in [1.82, 2.24) is 4.90 Å². The SMILES string of the molecule is COCc1cccc(C(=O)N(C)CC(=O)Nc2ccc(OC(F)(F)F)cc2)c1. The van der Waals surface area contributed by atoms with Crippen molar-refractivity contribution in [2.45, 2.75) is 13.0 Å². The van der Waals surface area contributed by atoms with E-state index in [-0.39, 0.29) is 18.1 Å². The smallest absolute Gasteiger partial charge is 0.406 e. The van der Waals surface area contributed by atoms with Crippen LogP contribution < -0.4 is 10.1 Å². The van der Waals surface area contributed by atoms with Crippen LogP contribution in [0.3, 0.4) is 0 Å². The third-order valence-corrected chi connectivity index (χ3v) is 3.58. The molecule has 0 aliphatic carbocycles. The molecule has 0 saturated carbocycles. The first-order valence-electron chi connectivity index (χ1n) is 8.17. The molecule has 0 spiro atoms. The molecule has 0 fully saturated rings. The first-order chi connectivity index (χ1) is 13.2. The van der Waals surface area contributed by atoms with Crippen LogP contribution in [0.2, 0.25) is 0 Å². The van der Waals surface area contributed by atoms with Crippen LogP contribution in [0.4, 0.5) is 18.9 Å². The first-order valence-corrected chi connectivity index (χ1v) is 8.17. The number of carbonyl (C=O) groups excluding carboxylic acids is 2. The van der Waals surface area contributed by atoms with Crippen molar-refractivity contribution >= 4 is 17.5 Å². The van der Waals surface area contributed by atoms with Crippen LogP contribution in [0.5, 0.6) is 5.75 Å². The maximum absolute atomic E-state index is 12.4. The van der Waals surface area contributed by atoms with Gasteiger partial charge >= 0.3 is 6.36 Å². The Bertz CT molecular complexity index is 823. The zero-order valence-electron chi connectivity index (χ0n) is 15.2. The Morgan fingerprint density at radius 2 is 1.79 bits per heavy atom. The van der Waals surface area contributed by atoms with Gasteiger partial charge in [-0.15, -0.1) is 13.2 Å². The minimum Gasteiger partial charge on any atom is -0.406 e. The van der Waals surface area contributed by atoms with Gasteiger partial charge in [0.05, 0.1) is 13.2 Å². The monoisotopic (exact) mass is 396 g/mol. The van der Waals surface area contributed by atoms with Gasteiger partial charge in [-0.05, 0) is 42.0 Å². The number of anilines is 1. The number of amides is 2. The van der Waals surface area contributed by atoms with Gasteiger partial charge in [0.2, 0.25) is 5.91 Å². The summed E-state index contributed by atoms with van der Waals surface area (Å²) >= 11 is 0. The van der Waals surface area contributed by atoms with Crippen molar-refractivity contribution in [2.75, 3.05) is 26.0 Å². The summed E-state index contributed by atoms with van der Waals surface area (Å²) in [5, 5.41) is 2.51. The number of halogens is 3. The van der Waals surface area contributed by atoms with E-state index in [4.69, 9.17) is 4.74 Å². The lowest BCUT2D eigenvalue weighted by atomic mass is 10.1. The maximum atomic E-state index is 12.4. The van der Waals surface area contributed by atoms with Crippen LogP contribution in [-0.4, -0.2) is 43.8 Å². The molecule has 2 aromatic rings. The number of nitrogens with zero attached hydrogens (tertiary/aromatic N) is 1. The fourth-order valence-corrected chi connectivity index (χ4v) is 2.41. The lowest BCUT2D eigenvalue weighted by molar-refractivity contribution is -0.274. The summed E-state index contributed by atoms with van der Waals surface area (Å²) in [6.45, 7) is 0.132. The average Bonchev–Trinajstić information content (AvgIpc) is 2.62. The average molecular weight is 396 g/mol. The Balaban J connectivity index is 1.93. The van der Waals surface area contributed by atoms with E-state index in [1.165, 1.54) is 24.1 Å². The molecule has 9 heteroatoms. The van der Waals surface area contributed by atoms with Crippen molar-refractivity contribution in [3.05, 3.63) is 59.7 Å². The quantitative estimate of drug-likeness (QED) is 0.779. The highest BCUT2D eigenvalue weighted by Gasteiger charge is 2.31. The topological polar surface area (TPSA) is 67.9 Å². The van der Waals surface area contributed by atoms with Crippen molar-refractivity contribution in [2.24, 2.45) is 0 Å². The largest absolute Gasteiger partial charge is 0.573 e. The second-order valence-electron chi connectivity index (χ2n) is 5.91. The number of nitrogens with one attached hydrogen (secondary N) is 1. The van der Waals surface area contributed by atoms with E-state index >= 15 is 0 Å². The van der Waals surface area contributed by atoms with E-state index in [0.717, 1.165) is 17.7 Å². The van der Waals surface area contributed by atoms with Crippen molar-refractivity contribution in [3.63, 3.8) is 0 Å². The number of alkyl halides is 3. The lowest BCUT2D eigenvalue weighted by Crippen LogP contribution is -2.35. The van der Waals surface area contributed by atoms with E-state index in [0.29, 0.717) is 12.2 Å². The minimum atomic E-state index is -4.78. The van der Waals surface area contributed by atoms with Crippen molar-refractivity contribution in [3.8, 4) is 5.75 Å². The predicted molar refractivity (Wildman–Crippen MR) is 95.9 cm³/mol. The fourth-order valence-electron chi connectivity index (χ4n) is 2.41. The molecule has 0 aromatic heterocycles. The van der Waals surface area contributed by atoms with E-state index in [2.05, 4.69) is 10.1 Å². The Morgan fingerprint density at radius 3 is 2.39 bits per heavy atom. The maximum Gasteiger partial charge on any atom is 0.573 e. The number of carbonyl (C=O) groups is 2. The Hall–Kier alpha value is -3.07. The zero-order valence-corrected chi connectivity index (χ0v) is 15.2. The van der Waals surface area contributed by atoms with Crippen LogP contribution in [0.15, 0.2) is 48.5 Å². The molecule has 0 aliphatic rings. The van der Waals surface area contributed by atoms with Gasteiger partial charge < -0.3 is 19.7 Å². The van der Waals surface area contributed by atoms with Gasteiger partial charge in [0.1, 0.15) is 5.75 Å². The van der Waals surface area contributed by atoms with Crippen LogP contribution >= 0.6 is 0 Å². The first kappa shape index (κ1) is 21.2. The molecule has 0 heterocycles. The zero-order chi connectivity index (χ0) is 20.7. The van der Waals surface area contributed by atoms with Crippen molar-refractivity contribution in [1.29, 1.82) is 0 Å². The van der Waals surface area contributed by atoms with E-state index in [9.17, 15) is 22.8 Å². The molecule has 0 aliphatic heterocycles. The van der Waals surface area contributed by atoms with E-state index < -0.39 is 18.0 Å². The summed E-state index contributed by atoms with van der Waals surface area (Å²) in [5.74, 6) is -1.23. The van der Waals surface area contributed by atoms with Crippen molar-refractivity contribution < 1.29 is 32.2 Å². The Morgan fingerprint density at radius 1 is 1.11 bits per heavy atom. The minimum absolute atomic E-state index is 0.228. The van der Waals surface area contributed by atoms with E-state index in [1.807, 2.05) is 6.07 Å². The van der Waals surface area contributed by atoms with Gasteiger partial charge in [-0.25, -0.2) is 0 Å². The number of hydrogen-bond donors (Lipinski definition) is 1. The molecule has 0 saturated heterocycles. The molecule has 2 rings (SSSR count). The number of benzene rings is 2. The standard InChI is InChI=1S/C19H19F3N2O4/c1-24(18(26)14-5-3-4-13(10-14)12-27-2)11-17(25)23-15-6-8-16(9-7-15)28-19(20,21)22/h3-10H,11-12H2,1-2H3,(H,23,25). The third kappa shape index (κ3) is 6.58. The van der Waals surface area contributed by atoms with Gasteiger partial charge in [0.25, 0.3) is 5.91 Å². The highest BCUT2D eigenvalue weighted by molar-refractivity contribution is 5.99. The van der Waals surface area contributed by atoms with Crippen LogP contribution in [0.1, 0.15) is 15.9 Å². The lowest BCUT2D eigenvalue weighted by Gasteiger charge is -2.17. The van der Waals surface area contributed by atoms with E-state index in [1.54, 1.807) is 25.3 Å². The van der Waals surface area contributed by atoms with Gasteiger partial charge in [-0.1, -0.05) is 12.1 Å². The number of rotatable bonds is 7. The summed E-state index contributed by atoms with van der Waals surface area (Å²) in [4.78, 5) is 25.8. The molecule has 0 atom stereocenters. The molecule has 1 N–H and O–H groups in total. The summed E-state index contributed by atoms with van der Waals surface area (Å²) < 4.78 is 45.2. The molecule has 2 aromatic carbocycles. The highest BCUT2D eigenvalue weighted by atomic mass is 19.4. The van der Waals surface area contributed by atoms with Crippen LogP contribution in [-0.2, 0) is 16.1 Å². The second-order valence-corrected chi connectivity index (χ2v) is 5.91. The number of likely N-dealkylation sites (N-methyl/N-ethyl adjacent to an activating group) is 1. The predicted octanol–water partition coefficient (Wildman–Crippen LogP) is 3.44. The van der Waals surface area contributed by atoms with Gasteiger partial charge in [-0.3, -0.25) is 9.59 Å². The molecule has 28 heavy (non-hydrogen) atoms. The van der Waals surface area contributed by atoms with Gasteiger partial charge in [0, 0.05) is 25.4 Å². The Kier molecular flexibility index (Phi) is 7.00.